The summed E-state index contributed by atoms with van der Waals surface area (Å²) in [5.74, 6) is -0.809. The largest absolute Gasteiger partial charge is 0.398 e. The molecule has 2 rings (SSSR count). The Hall–Kier alpha value is -0.850. The van der Waals surface area contributed by atoms with Crippen LogP contribution in [-0.2, 0) is 0 Å². The fourth-order valence-electron chi connectivity index (χ4n) is 1.37. The molecule has 122 valence electrons. The number of rotatable bonds is 0. The number of halogens is 5. The highest BCUT2D eigenvalue weighted by Gasteiger charge is 2.09. The topological polar surface area (TPSA) is 52.0 Å². The molecular formula is C15H17Br2ClF2N2. The van der Waals surface area contributed by atoms with Crippen LogP contribution in [-0.4, -0.2) is 0 Å². The summed E-state index contributed by atoms with van der Waals surface area (Å²) in [5, 5.41) is 0.0803. The third-order valence-corrected chi connectivity index (χ3v) is 5.21. The minimum absolute atomic E-state index is 0. The Kier molecular flexibility index (Phi) is 8.36. The first-order valence-electron chi connectivity index (χ1n) is 5.75. The molecule has 0 saturated carbocycles. The van der Waals surface area contributed by atoms with Crippen molar-refractivity contribution in [2.75, 3.05) is 11.5 Å². The van der Waals surface area contributed by atoms with E-state index >= 15 is 0 Å². The Balaban J connectivity index is 0.000000385. The van der Waals surface area contributed by atoms with E-state index in [9.17, 15) is 8.78 Å². The van der Waals surface area contributed by atoms with Crippen molar-refractivity contribution in [3.05, 3.63) is 54.9 Å². The summed E-state index contributed by atoms with van der Waals surface area (Å²) < 4.78 is 26.5. The molecule has 22 heavy (non-hydrogen) atoms. The Bertz CT molecular complexity index is 630. The molecule has 0 aliphatic heterocycles. The molecule has 2 aromatic carbocycles. The van der Waals surface area contributed by atoms with Crippen molar-refractivity contribution in [3.63, 3.8) is 0 Å². The van der Waals surface area contributed by atoms with Gasteiger partial charge in [0.15, 0.2) is 0 Å². The first-order valence-corrected chi connectivity index (χ1v) is 7.72. The van der Waals surface area contributed by atoms with Gasteiger partial charge in [0, 0.05) is 20.3 Å². The lowest BCUT2D eigenvalue weighted by Crippen LogP contribution is -1.93. The molecule has 0 amide bonds. The van der Waals surface area contributed by atoms with Gasteiger partial charge in [-0.1, -0.05) is 35.0 Å². The van der Waals surface area contributed by atoms with Crippen molar-refractivity contribution in [2.45, 2.75) is 21.3 Å². The summed E-state index contributed by atoms with van der Waals surface area (Å²) in [6.07, 6.45) is 0. The normalized spacial score (nSPS) is 9.59. The average molecular weight is 459 g/mol. The Morgan fingerprint density at radius 1 is 0.955 bits per heavy atom. The van der Waals surface area contributed by atoms with E-state index in [1.165, 1.54) is 18.2 Å². The van der Waals surface area contributed by atoms with E-state index in [0.717, 1.165) is 11.1 Å². The van der Waals surface area contributed by atoms with Crippen LogP contribution in [0.3, 0.4) is 0 Å². The van der Waals surface area contributed by atoms with Crippen LogP contribution >= 0.6 is 43.5 Å². The third-order valence-electron chi connectivity index (χ3n) is 2.80. The molecule has 0 aliphatic rings. The predicted molar refractivity (Wildman–Crippen MR) is 98.2 cm³/mol. The highest BCUT2D eigenvalue weighted by Crippen LogP contribution is 2.32. The van der Waals surface area contributed by atoms with Crippen LogP contribution in [0.5, 0.6) is 0 Å². The summed E-state index contributed by atoms with van der Waals surface area (Å²) in [6, 6.07) is 3.91. The summed E-state index contributed by atoms with van der Waals surface area (Å²) in [7, 11) is 0. The zero-order valence-corrected chi connectivity index (χ0v) is 15.2. The highest BCUT2D eigenvalue weighted by atomic mass is 79.9. The van der Waals surface area contributed by atoms with Crippen molar-refractivity contribution >= 4 is 54.8 Å². The van der Waals surface area contributed by atoms with Gasteiger partial charge < -0.3 is 11.5 Å². The average Bonchev–Trinajstić information content (AvgIpc) is 2.41. The minimum Gasteiger partial charge on any atom is -0.398 e. The van der Waals surface area contributed by atoms with E-state index in [0.29, 0.717) is 20.3 Å². The van der Waals surface area contributed by atoms with Gasteiger partial charge >= 0.3 is 0 Å². The van der Waals surface area contributed by atoms with Crippen LogP contribution in [0.15, 0.2) is 27.1 Å². The lowest BCUT2D eigenvalue weighted by Gasteiger charge is -2.04. The van der Waals surface area contributed by atoms with Crippen LogP contribution in [0, 0.1) is 25.5 Å². The maximum Gasteiger partial charge on any atom is 0.145 e. The van der Waals surface area contributed by atoms with Gasteiger partial charge in [0.05, 0.1) is 5.02 Å². The molecule has 0 radical (unpaired) electrons. The molecule has 0 spiro atoms. The number of anilines is 2. The molecular weight excluding hydrogens is 441 g/mol. The highest BCUT2D eigenvalue weighted by molar-refractivity contribution is 9.10. The van der Waals surface area contributed by atoms with E-state index < -0.39 is 5.82 Å². The van der Waals surface area contributed by atoms with E-state index in [-0.39, 0.29) is 18.3 Å². The van der Waals surface area contributed by atoms with Gasteiger partial charge in [-0.05, 0) is 59.1 Å². The number of hydrogen-bond donors (Lipinski definition) is 2. The molecule has 0 fully saturated rings. The maximum absolute atomic E-state index is 12.8. The number of nitrogens with two attached hydrogens (primary N) is 2. The SMILES string of the molecule is C.Cc1c(N)cc(F)c(Cl)c1Br.Cc1c(N)cc(F)cc1Br. The molecule has 0 aromatic heterocycles. The summed E-state index contributed by atoms with van der Waals surface area (Å²) in [5.41, 5.74) is 13.4. The quantitative estimate of drug-likeness (QED) is 0.362. The predicted octanol–water partition coefficient (Wildman–Crippen LogP) is 6.25. The maximum atomic E-state index is 12.8. The van der Waals surface area contributed by atoms with Crippen LogP contribution in [0.4, 0.5) is 20.2 Å². The van der Waals surface area contributed by atoms with Crippen LogP contribution in [0.25, 0.3) is 0 Å². The Morgan fingerprint density at radius 2 is 1.45 bits per heavy atom. The van der Waals surface area contributed by atoms with Gasteiger partial charge in [0.1, 0.15) is 11.6 Å². The van der Waals surface area contributed by atoms with Crippen molar-refractivity contribution in [1.29, 1.82) is 0 Å². The monoisotopic (exact) mass is 456 g/mol. The van der Waals surface area contributed by atoms with Crippen LogP contribution < -0.4 is 11.5 Å². The molecule has 2 nitrogen and oxygen atoms in total. The summed E-state index contributed by atoms with van der Waals surface area (Å²) in [6.45, 7) is 3.60. The number of hydrogen-bond acceptors (Lipinski definition) is 2. The molecule has 0 atom stereocenters. The zero-order chi connectivity index (χ0) is 16.3. The smallest absolute Gasteiger partial charge is 0.145 e. The van der Waals surface area contributed by atoms with Crippen molar-refractivity contribution in [2.24, 2.45) is 0 Å². The fraction of sp³-hybridized carbons (Fsp3) is 0.200. The van der Waals surface area contributed by atoms with E-state index in [2.05, 4.69) is 31.9 Å². The van der Waals surface area contributed by atoms with Crippen molar-refractivity contribution < 1.29 is 8.78 Å². The van der Waals surface area contributed by atoms with Gasteiger partial charge in [-0.25, -0.2) is 8.78 Å². The van der Waals surface area contributed by atoms with Crippen LogP contribution in [0.2, 0.25) is 5.02 Å². The summed E-state index contributed by atoms with van der Waals surface area (Å²) >= 11 is 11.9. The van der Waals surface area contributed by atoms with Crippen molar-refractivity contribution in [3.8, 4) is 0 Å². The van der Waals surface area contributed by atoms with Gasteiger partial charge in [-0.2, -0.15) is 0 Å². The zero-order valence-electron chi connectivity index (χ0n) is 11.3. The van der Waals surface area contributed by atoms with Gasteiger partial charge in [0.2, 0.25) is 0 Å². The second-order valence-corrected chi connectivity index (χ2v) is 6.33. The van der Waals surface area contributed by atoms with E-state index in [4.69, 9.17) is 23.1 Å². The Morgan fingerprint density at radius 3 is 1.95 bits per heavy atom. The molecule has 0 heterocycles. The molecule has 7 heteroatoms. The summed E-state index contributed by atoms with van der Waals surface area (Å²) in [4.78, 5) is 0. The van der Waals surface area contributed by atoms with Gasteiger partial charge in [0.25, 0.3) is 0 Å². The fourth-order valence-corrected chi connectivity index (χ4v) is 2.43. The molecule has 4 N–H and O–H groups in total. The second-order valence-electron chi connectivity index (χ2n) is 4.30. The van der Waals surface area contributed by atoms with Crippen LogP contribution in [0.1, 0.15) is 18.6 Å². The standard InChI is InChI=1S/C7H6BrClFN.C7H7BrFN.CH4/c1-3-5(11)2-4(10)7(9)6(3)8;1-4-6(8)2-5(9)3-7(4)10;/h2H,11H2,1H3;2-3H,10H2,1H3;1H4. The van der Waals surface area contributed by atoms with Gasteiger partial charge in [-0.3, -0.25) is 0 Å². The Labute approximate surface area is 151 Å². The first-order chi connectivity index (χ1) is 9.65. The first kappa shape index (κ1) is 21.1. The van der Waals surface area contributed by atoms with E-state index in [1.807, 2.05) is 6.92 Å². The minimum atomic E-state index is -0.498. The van der Waals surface area contributed by atoms with E-state index in [1.54, 1.807) is 6.92 Å². The lowest BCUT2D eigenvalue weighted by atomic mass is 10.2. The second kappa shape index (κ2) is 8.70. The third kappa shape index (κ3) is 5.11. The molecule has 2 aromatic rings. The van der Waals surface area contributed by atoms with Crippen molar-refractivity contribution in [1.82, 2.24) is 0 Å². The molecule has 0 bridgehead atoms. The molecule has 0 unspecified atom stereocenters. The number of benzene rings is 2. The lowest BCUT2D eigenvalue weighted by molar-refractivity contribution is 0.627. The number of nitrogen functional groups attached to an aromatic ring is 2. The molecule has 0 saturated heterocycles. The van der Waals surface area contributed by atoms with Gasteiger partial charge in [-0.15, -0.1) is 0 Å². The molecule has 0 aliphatic carbocycles.